The Morgan fingerprint density at radius 2 is 1.73 bits per heavy atom. The van der Waals surface area contributed by atoms with Gasteiger partial charge in [-0.15, -0.1) is 0 Å². The van der Waals surface area contributed by atoms with Gasteiger partial charge in [0.25, 0.3) is 0 Å². The third-order valence-corrected chi connectivity index (χ3v) is 4.87. The lowest BCUT2D eigenvalue weighted by Crippen LogP contribution is -2.52. The summed E-state index contributed by atoms with van der Waals surface area (Å²) in [4.78, 5) is 16.6. The second kappa shape index (κ2) is 8.61. The van der Waals surface area contributed by atoms with E-state index in [0.29, 0.717) is 6.54 Å². The van der Waals surface area contributed by atoms with Crippen LogP contribution in [0.15, 0.2) is 48.5 Å². The van der Waals surface area contributed by atoms with Gasteiger partial charge in [-0.3, -0.25) is 0 Å². The SMILES string of the molecule is COc1ccc(CCNC(=O)N2CCN(c3ccccc3C)CC2)cc1. The molecule has 1 saturated heterocycles. The molecule has 0 atom stereocenters. The highest BCUT2D eigenvalue weighted by Gasteiger charge is 2.21. The number of ether oxygens (including phenoxy) is 1. The summed E-state index contributed by atoms with van der Waals surface area (Å²) in [7, 11) is 1.66. The van der Waals surface area contributed by atoms with Gasteiger partial charge in [0.15, 0.2) is 0 Å². The predicted molar refractivity (Wildman–Crippen MR) is 105 cm³/mol. The van der Waals surface area contributed by atoms with Crippen molar-refractivity contribution in [2.24, 2.45) is 0 Å². The molecule has 1 fully saturated rings. The second-order valence-corrected chi connectivity index (χ2v) is 6.59. The molecule has 3 rings (SSSR count). The zero-order chi connectivity index (χ0) is 18.4. The number of amides is 2. The monoisotopic (exact) mass is 353 g/mol. The Morgan fingerprint density at radius 1 is 1.04 bits per heavy atom. The highest BCUT2D eigenvalue weighted by atomic mass is 16.5. The number of carbonyl (C=O) groups excluding carboxylic acids is 1. The Morgan fingerprint density at radius 3 is 2.38 bits per heavy atom. The van der Waals surface area contributed by atoms with Crippen LogP contribution in [0, 0.1) is 6.92 Å². The Labute approximate surface area is 155 Å². The molecule has 0 unspecified atom stereocenters. The number of hydrogen-bond donors (Lipinski definition) is 1. The molecule has 2 aromatic rings. The number of nitrogens with one attached hydrogen (secondary N) is 1. The minimum absolute atomic E-state index is 0.0305. The van der Waals surface area contributed by atoms with Crippen LogP contribution in [0.2, 0.25) is 0 Å². The molecule has 0 aliphatic carbocycles. The number of methoxy groups -OCH3 is 1. The molecule has 0 saturated carbocycles. The fourth-order valence-corrected chi connectivity index (χ4v) is 3.29. The van der Waals surface area contributed by atoms with Crippen molar-refractivity contribution < 1.29 is 9.53 Å². The lowest BCUT2D eigenvalue weighted by atomic mass is 10.1. The van der Waals surface area contributed by atoms with Crippen molar-refractivity contribution in [2.45, 2.75) is 13.3 Å². The lowest BCUT2D eigenvalue weighted by Gasteiger charge is -2.36. The number of hydrogen-bond acceptors (Lipinski definition) is 3. The van der Waals surface area contributed by atoms with Gasteiger partial charge >= 0.3 is 6.03 Å². The number of nitrogens with zero attached hydrogens (tertiary/aromatic N) is 2. The van der Waals surface area contributed by atoms with Crippen LogP contribution in [0.25, 0.3) is 0 Å². The first-order valence-corrected chi connectivity index (χ1v) is 9.13. The van der Waals surface area contributed by atoms with Crippen LogP contribution in [-0.2, 0) is 6.42 Å². The molecular weight excluding hydrogens is 326 g/mol. The van der Waals surface area contributed by atoms with Crippen molar-refractivity contribution in [1.82, 2.24) is 10.2 Å². The normalized spacial score (nSPS) is 14.2. The molecule has 26 heavy (non-hydrogen) atoms. The number of aryl methyl sites for hydroxylation is 1. The third kappa shape index (κ3) is 4.48. The van der Waals surface area contributed by atoms with E-state index >= 15 is 0 Å². The fourth-order valence-electron chi connectivity index (χ4n) is 3.29. The summed E-state index contributed by atoms with van der Waals surface area (Å²) in [6, 6.07) is 16.4. The summed E-state index contributed by atoms with van der Waals surface area (Å²) in [6.07, 6.45) is 0.818. The molecule has 2 aromatic carbocycles. The van der Waals surface area contributed by atoms with E-state index in [-0.39, 0.29) is 6.03 Å². The van der Waals surface area contributed by atoms with E-state index in [1.54, 1.807) is 7.11 Å². The largest absolute Gasteiger partial charge is 0.497 e. The summed E-state index contributed by atoms with van der Waals surface area (Å²) < 4.78 is 5.16. The van der Waals surface area contributed by atoms with Crippen molar-refractivity contribution in [1.29, 1.82) is 0 Å². The van der Waals surface area contributed by atoms with Crippen LogP contribution in [-0.4, -0.2) is 50.8 Å². The Balaban J connectivity index is 1.43. The molecule has 5 nitrogen and oxygen atoms in total. The van der Waals surface area contributed by atoms with E-state index in [0.717, 1.165) is 38.3 Å². The van der Waals surface area contributed by atoms with Gasteiger partial charge in [0, 0.05) is 38.4 Å². The van der Waals surface area contributed by atoms with Gasteiger partial charge in [-0.05, 0) is 42.7 Å². The number of anilines is 1. The van der Waals surface area contributed by atoms with Gasteiger partial charge in [-0.25, -0.2) is 4.79 Å². The molecule has 1 aliphatic rings. The zero-order valence-corrected chi connectivity index (χ0v) is 15.6. The van der Waals surface area contributed by atoms with E-state index < -0.39 is 0 Å². The lowest BCUT2D eigenvalue weighted by molar-refractivity contribution is 0.194. The van der Waals surface area contributed by atoms with Crippen molar-refractivity contribution in [3.8, 4) is 5.75 Å². The van der Waals surface area contributed by atoms with Gasteiger partial charge in [0.05, 0.1) is 7.11 Å². The highest BCUT2D eigenvalue weighted by molar-refractivity contribution is 5.74. The fraction of sp³-hybridized carbons (Fsp3) is 0.381. The summed E-state index contributed by atoms with van der Waals surface area (Å²) in [6.45, 7) is 6.02. The minimum atomic E-state index is 0.0305. The highest BCUT2D eigenvalue weighted by Crippen LogP contribution is 2.20. The van der Waals surface area contributed by atoms with Gasteiger partial charge in [0.1, 0.15) is 5.75 Å². The van der Waals surface area contributed by atoms with E-state index in [1.165, 1.54) is 16.8 Å². The average molecular weight is 353 g/mol. The molecule has 0 aromatic heterocycles. The van der Waals surface area contributed by atoms with Crippen LogP contribution in [0.3, 0.4) is 0 Å². The number of benzene rings is 2. The van der Waals surface area contributed by atoms with Gasteiger partial charge in [-0.1, -0.05) is 30.3 Å². The van der Waals surface area contributed by atoms with Gasteiger partial charge in [0.2, 0.25) is 0 Å². The summed E-state index contributed by atoms with van der Waals surface area (Å²) in [5.41, 5.74) is 3.74. The van der Waals surface area contributed by atoms with Crippen molar-refractivity contribution in [3.05, 3.63) is 59.7 Å². The minimum Gasteiger partial charge on any atom is -0.497 e. The Bertz CT molecular complexity index is 722. The molecule has 1 heterocycles. The van der Waals surface area contributed by atoms with Crippen LogP contribution in [0.1, 0.15) is 11.1 Å². The Kier molecular flexibility index (Phi) is 6.00. The van der Waals surface area contributed by atoms with Crippen molar-refractivity contribution in [2.75, 3.05) is 44.7 Å². The maximum Gasteiger partial charge on any atom is 0.317 e. The van der Waals surface area contributed by atoms with Crippen LogP contribution >= 0.6 is 0 Å². The molecule has 5 heteroatoms. The van der Waals surface area contributed by atoms with Crippen LogP contribution < -0.4 is 15.0 Å². The zero-order valence-electron chi connectivity index (χ0n) is 15.6. The first kappa shape index (κ1) is 18.1. The molecule has 1 aliphatic heterocycles. The predicted octanol–water partition coefficient (Wildman–Crippen LogP) is 3.08. The number of para-hydroxylation sites is 1. The second-order valence-electron chi connectivity index (χ2n) is 6.59. The molecule has 0 spiro atoms. The van der Waals surface area contributed by atoms with E-state index in [2.05, 4.69) is 41.4 Å². The maximum absolute atomic E-state index is 12.4. The third-order valence-electron chi connectivity index (χ3n) is 4.87. The molecule has 138 valence electrons. The number of piperazine rings is 1. The number of urea groups is 1. The van der Waals surface area contributed by atoms with Crippen LogP contribution in [0.5, 0.6) is 5.75 Å². The van der Waals surface area contributed by atoms with Gasteiger partial charge < -0.3 is 19.9 Å². The van der Waals surface area contributed by atoms with Gasteiger partial charge in [-0.2, -0.15) is 0 Å². The number of rotatable bonds is 5. The first-order valence-electron chi connectivity index (χ1n) is 9.13. The molecular formula is C21H27N3O2. The van der Waals surface area contributed by atoms with Crippen molar-refractivity contribution in [3.63, 3.8) is 0 Å². The molecule has 2 amide bonds. The standard InChI is InChI=1S/C21H27N3O2/c1-17-5-3-4-6-20(17)23-13-15-24(16-14-23)21(25)22-12-11-18-7-9-19(26-2)10-8-18/h3-10H,11-16H2,1-2H3,(H,22,25). The Hall–Kier alpha value is -2.69. The molecule has 0 radical (unpaired) electrons. The maximum atomic E-state index is 12.4. The topological polar surface area (TPSA) is 44.8 Å². The molecule has 1 N–H and O–H groups in total. The quantitative estimate of drug-likeness (QED) is 0.898. The van der Waals surface area contributed by atoms with Crippen LogP contribution in [0.4, 0.5) is 10.5 Å². The summed E-state index contributed by atoms with van der Waals surface area (Å²) >= 11 is 0. The number of carbonyl (C=O) groups is 1. The average Bonchev–Trinajstić information content (AvgIpc) is 2.69. The van der Waals surface area contributed by atoms with Crippen molar-refractivity contribution >= 4 is 11.7 Å². The first-order chi connectivity index (χ1) is 12.7. The van der Waals surface area contributed by atoms with E-state index in [4.69, 9.17) is 4.74 Å². The van der Waals surface area contributed by atoms with E-state index in [9.17, 15) is 4.79 Å². The molecule has 0 bridgehead atoms. The van der Waals surface area contributed by atoms with E-state index in [1.807, 2.05) is 29.2 Å². The summed E-state index contributed by atoms with van der Waals surface area (Å²) in [5, 5.41) is 3.03. The summed E-state index contributed by atoms with van der Waals surface area (Å²) in [5.74, 6) is 0.851. The smallest absolute Gasteiger partial charge is 0.317 e.